The number of carbonyl (C=O) groups excluding carboxylic acids is 1. The van der Waals surface area contributed by atoms with Gasteiger partial charge in [-0.3, -0.25) is 10.1 Å². The summed E-state index contributed by atoms with van der Waals surface area (Å²) in [5.41, 5.74) is 6.47. The second-order valence-corrected chi connectivity index (χ2v) is 5.17. The number of aromatic nitrogens is 1. The van der Waals surface area contributed by atoms with Gasteiger partial charge >= 0.3 is 0 Å². The van der Waals surface area contributed by atoms with Crippen molar-refractivity contribution in [1.82, 2.24) is 4.98 Å². The fourth-order valence-electron chi connectivity index (χ4n) is 1.85. The summed E-state index contributed by atoms with van der Waals surface area (Å²) < 4.78 is 5.35. The van der Waals surface area contributed by atoms with E-state index in [4.69, 9.17) is 10.2 Å². The monoisotopic (exact) mass is 297 g/mol. The molecule has 0 unspecified atom stereocenters. The third-order valence-corrected chi connectivity index (χ3v) is 3.59. The van der Waals surface area contributed by atoms with E-state index in [0.29, 0.717) is 22.8 Å². The molecule has 3 aromatic rings. The van der Waals surface area contributed by atoms with Crippen LogP contribution in [0.4, 0.5) is 5.13 Å². The first kappa shape index (κ1) is 13.4. The topological polar surface area (TPSA) is 81.1 Å². The first-order chi connectivity index (χ1) is 10.3. The Morgan fingerprint density at radius 3 is 3.14 bits per heavy atom. The highest BCUT2D eigenvalue weighted by Crippen LogP contribution is 2.23. The second-order valence-electron chi connectivity index (χ2n) is 4.14. The first-order valence-electron chi connectivity index (χ1n) is 6.20. The summed E-state index contributed by atoms with van der Waals surface area (Å²) in [6.07, 6.45) is 3.05. The molecule has 0 aliphatic carbocycles. The van der Waals surface area contributed by atoms with Gasteiger partial charge in [-0.25, -0.2) is 4.98 Å². The highest BCUT2D eigenvalue weighted by Gasteiger charge is 2.14. The lowest BCUT2D eigenvalue weighted by Gasteiger charge is -1.98. The van der Waals surface area contributed by atoms with Crippen LogP contribution in [0.5, 0.6) is 0 Å². The van der Waals surface area contributed by atoms with Gasteiger partial charge in [0.1, 0.15) is 11.8 Å². The van der Waals surface area contributed by atoms with Gasteiger partial charge in [-0.15, -0.1) is 0 Å². The van der Waals surface area contributed by atoms with Gasteiger partial charge < -0.3 is 10.2 Å². The number of rotatable bonds is 2. The highest BCUT2D eigenvalue weighted by atomic mass is 32.1. The lowest BCUT2D eigenvalue weighted by atomic mass is 10.2. The zero-order valence-corrected chi connectivity index (χ0v) is 11.7. The van der Waals surface area contributed by atoms with Crippen LogP contribution in [0.3, 0.4) is 0 Å². The number of para-hydroxylation sites is 1. The SMILES string of the molecule is NCC#Cc1cnc(NC(=O)c2coc3ccccc23)s1. The van der Waals surface area contributed by atoms with Crippen molar-refractivity contribution in [2.45, 2.75) is 0 Å². The number of anilines is 1. The number of nitrogens with two attached hydrogens (primary N) is 1. The third-order valence-electron chi connectivity index (χ3n) is 2.77. The molecule has 6 heteroatoms. The fraction of sp³-hybridized carbons (Fsp3) is 0.0667. The van der Waals surface area contributed by atoms with E-state index in [2.05, 4.69) is 22.1 Å². The van der Waals surface area contributed by atoms with Crippen LogP contribution in [0.15, 0.2) is 41.1 Å². The van der Waals surface area contributed by atoms with Gasteiger partial charge in [0, 0.05) is 5.39 Å². The second kappa shape index (κ2) is 5.79. The van der Waals surface area contributed by atoms with E-state index >= 15 is 0 Å². The summed E-state index contributed by atoms with van der Waals surface area (Å²) in [6, 6.07) is 7.37. The molecule has 0 atom stereocenters. The minimum absolute atomic E-state index is 0.257. The van der Waals surface area contributed by atoms with Crippen LogP contribution < -0.4 is 11.1 Å². The van der Waals surface area contributed by atoms with Gasteiger partial charge in [-0.2, -0.15) is 0 Å². The Hall–Kier alpha value is -2.62. The Labute approximate surface area is 124 Å². The zero-order valence-electron chi connectivity index (χ0n) is 10.9. The predicted molar refractivity (Wildman–Crippen MR) is 82.2 cm³/mol. The van der Waals surface area contributed by atoms with Crippen LogP contribution in [0.25, 0.3) is 11.0 Å². The number of benzene rings is 1. The maximum Gasteiger partial charge on any atom is 0.261 e. The largest absolute Gasteiger partial charge is 0.463 e. The number of nitrogens with one attached hydrogen (secondary N) is 1. The number of thiazole rings is 1. The highest BCUT2D eigenvalue weighted by molar-refractivity contribution is 7.16. The number of hydrogen-bond donors (Lipinski definition) is 2. The Morgan fingerprint density at radius 2 is 2.29 bits per heavy atom. The lowest BCUT2D eigenvalue weighted by molar-refractivity contribution is 0.102. The number of furan rings is 1. The lowest BCUT2D eigenvalue weighted by Crippen LogP contribution is -2.10. The summed E-state index contributed by atoms with van der Waals surface area (Å²) in [7, 11) is 0. The minimum Gasteiger partial charge on any atom is -0.463 e. The van der Waals surface area contributed by atoms with Crippen molar-refractivity contribution in [2.24, 2.45) is 5.73 Å². The number of hydrogen-bond acceptors (Lipinski definition) is 5. The van der Waals surface area contributed by atoms with E-state index in [1.54, 1.807) is 6.20 Å². The smallest absolute Gasteiger partial charge is 0.261 e. The average molecular weight is 297 g/mol. The Kier molecular flexibility index (Phi) is 3.69. The van der Waals surface area contributed by atoms with Crippen molar-refractivity contribution in [2.75, 3.05) is 11.9 Å². The van der Waals surface area contributed by atoms with Gasteiger partial charge in [-0.05, 0) is 6.07 Å². The van der Waals surface area contributed by atoms with Gasteiger partial charge in [-0.1, -0.05) is 41.4 Å². The molecule has 5 nitrogen and oxygen atoms in total. The maximum atomic E-state index is 12.3. The van der Waals surface area contributed by atoms with Gasteiger partial charge in [0.25, 0.3) is 5.91 Å². The number of fused-ring (bicyclic) bond motifs is 1. The molecule has 0 saturated heterocycles. The van der Waals surface area contributed by atoms with Crippen molar-refractivity contribution in [3.63, 3.8) is 0 Å². The van der Waals surface area contributed by atoms with Crippen molar-refractivity contribution in [1.29, 1.82) is 0 Å². The molecule has 0 radical (unpaired) electrons. The summed E-state index contributed by atoms with van der Waals surface area (Å²) in [4.78, 5) is 17.1. The van der Waals surface area contributed by atoms with Crippen LogP contribution in [-0.4, -0.2) is 17.4 Å². The van der Waals surface area contributed by atoms with Crippen molar-refractivity contribution >= 4 is 33.3 Å². The van der Waals surface area contributed by atoms with Crippen LogP contribution in [-0.2, 0) is 0 Å². The quantitative estimate of drug-likeness (QED) is 0.712. The Balaban J connectivity index is 1.81. The van der Waals surface area contributed by atoms with E-state index in [1.165, 1.54) is 17.6 Å². The standard InChI is InChI=1S/C15H11N3O2S/c16-7-3-4-10-8-17-15(21-10)18-14(19)12-9-20-13-6-2-1-5-11(12)13/h1-2,5-6,8-9H,7,16H2,(H,17,18,19). The molecular weight excluding hydrogens is 286 g/mol. The van der Waals surface area contributed by atoms with Crippen molar-refractivity contribution in [3.05, 3.63) is 47.2 Å². The molecule has 21 heavy (non-hydrogen) atoms. The first-order valence-corrected chi connectivity index (χ1v) is 7.02. The summed E-state index contributed by atoms with van der Waals surface area (Å²) in [6.45, 7) is 0.292. The number of nitrogens with zero attached hydrogens (tertiary/aromatic N) is 1. The number of amides is 1. The van der Waals surface area contributed by atoms with Gasteiger partial charge in [0.2, 0.25) is 0 Å². The van der Waals surface area contributed by atoms with Gasteiger partial charge in [0.15, 0.2) is 5.13 Å². The molecule has 104 valence electrons. The molecule has 2 heterocycles. The van der Waals surface area contributed by atoms with E-state index in [-0.39, 0.29) is 5.91 Å². The summed E-state index contributed by atoms with van der Waals surface area (Å²) in [5.74, 6) is 5.36. The average Bonchev–Trinajstić information content (AvgIpc) is 3.11. The molecule has 1 aromatic carbocycles. The molecule has 3 rings (SSSR count). The summed E-state index contributed by atoms with van der Waals surface area (Å²) in [5, 5.41) is 4.01. The maximum absolute atomic E-state index is 12.3. The van der Waals surface area contributed by atoms with Crippen molar-refractivity contribution in [3.8, 4) is 11.8 Å². The Morgan fingerprint density at radius 1 is 1.43 bits per heavy atom. The predicted octanol–water partition coefficient (Wildman–Crippen LogP) is 2.45. The van der Waals surface area contributed by atoms with Crippen LogP contribution in [0.1, 0.15) is 15.2 Å². The minimum atomic E-state index is -0.257. The molecule has 3 N–H and O–H groups in total. The molecule has 1 amide bonds. The van der Waals surface area contributed by atoms with E-state index < -0.39 is 0 Å². The van der Waals surface area contributed by atoms with Crippen LogP contribution in [0.2, 0.25) is 0 Å². The molecule has 0 aliphatic heterocycles. The third kappa shape index (κ3) is 2.79. The zero-order chi connectivity index (χ0) is 14.7. The number of carbonyl (C=O) groups is 1. The van der Waals surface area contributed by atoms with E-state index in [1.807, 2.05) is 24.3 Å². The molecule has 2 aromatic heterocycles. The molecule has 0 saturated carbocycles. The fourth-order valence-corrected chi connectivity index (χ4v) is 2.53. The van der Waals surface area contributed by atoms with E-state index in [9.17, 15) is 4.79 Å². The molecule has 0 fully saturated rings. The molecule has 0 spiro atoms. The van der Waals surface area contributed by atoms with Crippen LogP contribution in [0, 0.1) is 11.8 Å². The molecule has 0 aliphatic rings. The van der Waals surface area contributed by atoms with Gasteiger partial charge in [0.05, 0.1) is 23.2 Å². The normalized spacial score (nSPS) is 10.1. The van der Waals surface area contributed by atoms with Crippen molar-refractivity contribution < 1.29 is 9.21 Å². The molecule has 0 bridgehead atoms. The molecular formula is C15H11N3O2S. The van der Waals surface area contributed by atoms with Crippen LogP contribution >= 0.6 is 11.3 Å². The summed E-state index contributed by atoms with van der Waals surface area (Å²) >= 11 is 1.30. The Bertz CT molecular complexity index is 854. The van der Waals surface area contributed by atoms with E-state index in [0.717, 1.165) is 10.3 Å².